The van der Waals surface area contributed by atoms with Crippen LogP contribution in [0.4, 0.5) is 4.79 Å². The molecule has 2 aromatic carbocycles. The molecular weight excluding hydrogens is 356 g/mol. The number of imide groups is 1. The van der Waals surface area contributed by atoms with Crippen LogP contribution < -0.4 is 10.1 Å². The molecule has 3 amide bonds. The maximum atomic E-state index is 12.1. The van der Waals surface area contributed by atoms with Gasteiger partial charge in [0.1, 0.15) is 24.0 Å². The Morgan fingerprint density at radius 1 is 1.11 bits per heavy atom. The number of urea groups is 1. The highest BCUT2D eigenvalue weighted by Gasteiger charge is 2.44. The highest BCUT2D eigenvalue weighted by molar-refractivity contribution is 6.06. The van der Waals surface area contributed by atoms with Gasteiger partial charge >= 0.3 is 6.03 Å². The first-order valence-corrected chi connectivity index (χ1v) is 8.92. The van der Waals surface area contributed by atoms with Crippen molar-refractivity contribution < 1.29 is 19.4 Å². The van der Waals surface area contributed by atoms with Gasteiger partial charge in [-0.05, 0) is 49.2 Å². The first kappa shape index (κ1) is 19.5. The Kier molecular flexibility index (Phi) is 5.39. The molecule has 3 rings (SSSR count). The standard InChI is InChI=1S/C22H22N2O4/c1-4-15-5-7-16(8-6-15)17-9-11-19(12-10-17)28-14-18(25)13-24-20(26)22(2,3)23-21(24)27/h1,5-12,18,25H,13-14H2,2-3H3,(H,23,27)/t18-/m1/s1. The predicted octanol–water partition coefficient (Wildman–Crippen LogP) is 2.41. The van der Waals surface area contributed by atoms with Gasteiger partial charge in [0.25, 0.3) is 5.91 Å². The monoisotopic (exact) mass is 378 g/mol. The first-order chi connectivity index (χ1) is 13.3. The van der Waals surface area contributed by atoms with Gasteiger partial charge in [0.05, 0.1) is 6.54 Å². The lowest BCUT2D eigenvalue weighted by atomic mass is 10.0. The number of β-amino-alcohol motifs (C(OH)–C–C–N with tert-alkyl or cyclic N) is 1. The van der Waals surface area contributed by atoms with Gasteiger partial charge in [-0.25, -0.2) is 4.79 Å². The second kappa shape index (κ2) is 7.75. The van der Waals surface area contributed by atoms with Gasteiger partial charge in [-0.2, -0.15) is 0 Å². The SMILES string of the molecule is C#Cc1ccc(-c2ccc(OC[C@H](O)CN3C(=O)NC(C)(C)C3=O)cc2)cc1. The second-order valence-electron chi connectivity index (χ2n) is 7.18. The summed E-state index contributed by atoms with van der Waals surface area (Å²) >= 11 is 0. The number of ether oxygens (including phenoxy) is 1. The molecule has 6 heteroatoms. The number of carbonyl (C=O) groups excluding carboxylic acids is 2. The molecule has 2 aromatic rings. The van der Waals surface area contributed by atoms with Crippen LogP contribution in [0.2, 0.25) is 0 Å². The smallest absolute Gasteiger partial charge is 0.325 e. The fourth-order valence-electron chi connectivity index (χ4n) is 2.94. The molecule has 0 saturated carbocycles. The molecule has 6 nitrogen and oxygen atoms in total. The summed E-state index contributed by atoms with van der Waals surface area (Å²) < 4.78 is 5.58. The van der Waals surface area contributed by atoms with Crippen molar-refractivity contribution >= 4 is 11.9 Å². The number of aliphatic hydroxyl groups is 1. The Morgan fingerprint density at radius 2 is 1.68 bits per heavy atom. The van der Waals surface area contributed by atoms with E-state index in [9.17, 15) is 14.7 Å². The van der Waals surface area contributed by atoms with E-state index in [2.05, 4.69) is 11.2 Å². The van der Waals surface area contributed by atoms with Gasteiger partial charge in [-0.3, -0.25) is 9.69 Å². The molecule has 0 aromatic heterocycles. The summed E-state index contributed by atoms with van der Waals surface area (Å²) in [5.74, 6) is 2.80. The van der Waals surface area contributed by atoms with E-state index >= 15 is 0 Å². The van der Waals surface area contributed by atoms with Crippen LogP contribution in [-0.4, -0.2) is 46.7 Å². The zero-order valence-electron chi connectivity index (χ0n) is 15.8. The van der Waals surface area contributed by atoms with Gasteiger partial charge < -0.3 is 15.2 Å². The van der Waals surface area contributed by atoms with Crippen LogP contribution in [0.3, 0.4) is 0 Å². The molecule has 2 N–H and O–H groups in total. The number of amides is 3. The highest BCUT2D eigenvalue weighted by Crippen LogP contribution is 2.23. The van der Waals surface area contributed by atoms with Crippen LogP contribution in [0.15, 0.2) is 48.5 Å². The van der Waals surface area contributed by atoms with Crippen LogP contribution in [0.5, 0.6) is 5.75 Å². The molecule has 1 atom stereocenters. The summed E-state index contributed by atoms with van der Waals surface area (Å²) in [5, 5.41) is 12.7. The van der Waals surface area contributed by atoms with Crippen molar-refractivity contribution in [3.63, 3.8) is 0 Å². The lowest BCUT2D eigenvalue weighted by molar-refractivity contribution is -0.131. The Bertz CT molecular complexity index is 911. The highest BCUT2D eigenvalue weighted by atomic mass is 16.5. The fraction of sp³-hybridized carbons (Fsp3) is 0.273. The van der Waals surface area contributed by atoms with Crippen LogP contribution in [0.1, 0.15) is 19.4 Å². The van der Waals surface area contributed by atoms with E-state index in [-0.39, 0.29) is 19.1 Å². The fourth-order valence-corrected chi connectivity index (χ4v) is 2.94. The first-order valence-electron chi connectivity index (χ1n) is 8.92. The van der Waals surface area contributed by atoms with E-state index in [4.69, 9.17) is 11.2 Å². The summed E-state index contributed by atoms with van der Waals surface area (Å²) in [6.07, 6.45) is 4.38. The van der Waals surface area contributed by atoms with Gasteiger partial charge in [-0.15, -0.1) is 6.42 Å². The van der Waals surface area contributed by atoms with Gasteiger partial charge in [0.15, 0.2) is 0 Å². The van der Waals surface area contributed by atoms with Crippen molar-refractivity contribution in [2.45, 2.75) is 25.5 Å². The van der Waals surface area contributed by atoms with Crippen LogP contribution >= 0.6 is 0 Å². The van der Waals surface area contributed by atoms with Crippen LogP contribution in [0.25, 0.3) is 11.1 Å². The van der Waals surface area contributed by atoms with E-state index in [0.717, 1.165) is 21.6 Å². The zero-order chi connectivity index (χ0) is 20.3. The summed E-state index contributed by atoms with van der Waals surface area (Å²) in [4.78, 5) is 25.0. The number of aliphatic hydroxyl groups excluding tert-OH is 1. The van der Waals surface area contributed by atoms with Crippen molar-refractivity contribution in [1.29, 1.82) is 0 Å². The Morgan fingerprint density at radius 3 is 2.18 bits per heavy atom. The lowest BCUT2D eigenvalue weighted by Crippen LogP contribution is -2.42. The van der Waals surface area contributed by atoms with Crippen molar-refractivity contribution in [2.24, 2.45) is 0 Å². The molecule has 0 unspecified atom stereocenters. The number of hydrogen-bond donors (Lipinski definition) is 2. The van der Waals surface area contributed by atoms with Crippen molar-refractivity contribution in [3.05, 3.63) is 54.1 Å². The van der Waals surface area contributed by atoms with Crippen LogP contribution in [-0.2, 0) is 4.79 Å². The molecule has 1 fully saturated rings. The third-order valence-electron chi connectivity index (χ3n) is 4.52. The van der Waals surface area contributed by atoms with Gasteiger partial charge in [0, 0.05) is 5.56 Å². The number of benzene rings is 2. The normalized spacial score (nSPS) is 16.4. The van der Waals surface area contributed by atoms with E-state index < -0.39 is 17.7 Å². The van der Waals surface area contributed by atoms with Gasteiger partial charge in [-0.1, -0.05) is 30.2 Å². The van der Waals surface area contributed by atoms with Crippen molar-refractivity contribution in [2.75, 3.05) is 13.2 Å². The summed E-state index contributed by atoms with van der Waals surface area (Å²) in [6.45, 7) is 3.09. The summed E-state index contributed by atoms with van der Waals surface area (Å²) in [5.41, 5.74) is 1.92. The maximum Gasteiger partial charge on any atom is 0.325 e. The van der Waals surface area contributed by atoms with Crippen LogP contribution in [0, 0.1) is 12.3 Å². The topological polar surface area (TPSA) is 78.9 Å². The minimum absolute atomic E-state index is 0.0340. The number of terminal acetylenes is 1. The van der Waals surface area contributed by atoms with Crippen molar-refractivity contribution in [1.82, 2.24) is 10.2 Å². The van der Waals surface area contributed by atoms with E-state index in [1.165, 1.54) is 0 Å². The molecule has 28 heavy (non-hydrogen) atoms. The van der Waals surface area contributed by atoms with Gasteiger partial charge in [0.2, 0.25) is 0 Å². The molecule has 1 heterocycles. The Balaban J connectivity index is 1.55. The molecule has 0 spiro atoms. The largest absolute Gasteiger partial charge is 0.491 e. The van der Waals surface area contributed by atoms with E-state index in [1.807, 2.05) is 36.4 Å². The molecule has 0 aliphatic carbocycles. The molecule has 1 aliphatic heterocycles. The third kappa shape index (κ3) is 4.16. The maximum absolute atomic E-state index is 12.1. The minimum atomic E-state index is -0.986. The molecular formula is C22H22N2O4. The quantitative estimate of drug-likeness (QED) is 0.598. The van der Waals surface area contributed by atoms with E-state index in [1.54, 1.807) is 26.0 Å². The lowest BCUT2D eigenvalue weighted by Gasteiger charge is -2.19. The predicted molar refractivity (Wildman–Crippen MR) is 106 cm³/mol. The zero-order valence-corrected chi connectivity index (χ0v) is 15.8. The number of nitrogens with one attached hydrogen (secondary N) is 1. The molecule has 1 aliphatic rings. The minimum Gasteiger partial charge on any atom is -0.491 e. The molecule has 144 valence electrons. The third-order valence-corrected chi connectivity index (χ3v) is 4.52. The van der Waals surface area contributed by atoms with E-state index in [0.29, 0.717) is 5.75 Å². The summed E-state index contributed by atoms with van der Waals surface area (Å²) in [6, 6.07) is 14.6. The number of hydrogen-bond acceptors (Lipinski definition) is 4. The number of carbonyl (C=O) groups is 2. The average molecular weight is 378 g/mol. The van der Waals surface area contributed by atoms with Crippen molar-refractivity contribution in [3.8, 4) is 29.2 Å². The Labute approximate surface area is 164 Å². The Hall–Kier alpha value is -3.30. The molecule has 0 radical (unpaired) electrons. The molecule has 0 bridgehead atoms. The average Bonchev–Trinajstić information content (AvgIpc) is 2.88. The summed E-state index contributed by atoms with van der Waals surface area (Å²) in [7, 11) is 0. The number of nitrogens with zero attached hydrogens (tertiary/aromatic N) is 1. The second-order valence-corrected chi connectivity index (χ2v) is 7.18. The number of rotatable bonds is 6. The molecule has 1 saturated heterocycles.